The molecule has 0 saturated carbocycles. The molecule has 1 unspecified atom stereocenters. The molecule has 0 aromatic carbocycles. The van der Waals surface area contributed by atoms with Gasteiger partial charge in [0.1, 0.15) is 0 Å². The van der Waals surface area contributed by atoms with Gasteiger partial charge >= 0.3 is 33.2 Å². The van der Waals surface area contributed by atoms with Gasteiger partial charge < -0.3 is 14.2 Å². The first-order valence-corrected chi connectivity index (χ1v) is 8.09. The van der Waals surface area contributed by atoms with Crippen LogP contribution >= 0.6 is 0 Å². The predicted molar refractivity (Wildman–Crippen MR) is 71.5 cm³/mol. The normalized spacial score (nSPS) is 18.8. The van der Waals surface area contributed by atoms with Gasteiger partial charge in [-0.25, -0.2) is 9.59 Å². The molecule has 0 bridgehead atoms. The van der Waals surface area contributed by atoms with E-state index in [1.807, 2.05) is 0 Å². The Hall–Kier alpha value is -1.73. The molecule has 1 atom stereocenters. The summed E-state index contributed by atoms with van der Waals surface area (Å²) in [5.74, 6) is -6.93. The fourth-order valence-corrected chi connectivity index (χ4v) is 2.07. The molecule has 1 N–H and O–H groups in total. The zero-order valence-corrected chi connectivity index (χ0v) is 13.4. The molecule has 144 valence electrons. The molecule has 1 rings (SSSR count). The summed E-state index contributed by atoms with van der Waals surface area (Å²) in [6.45, 7) is 1.53. The standard InChI is InChI=1S/C12H14F4O8S/c1-7(9(17)24-8-2-4-23-10(8)18)6-22-5-3-11(13,14)12(15,16)25(19,20)21/h8H,1-6H2,(H,19,20,21). The second-order valence-electron chi connectivity index (χ2n) is 4.95. The van der Waals surface area contributed by atoms with Gasteiger partial charge in [-0.3, -0.25) is 4.55 Å². The van der Waals surface area contributed by atoms with Crippen LogP contribution in [0.5, 0.6) is 0 Å². The number of cyclic esters (lactones) is 1. The third-order valence-electron chi connectivity index (χ3n) is 3.01. The van der Waals surface area contributed by atoms with Crippen LogP contribution in [0.3, 0.4) is 0 Å². The van der Waals surface area contributed by atoms with E-state index < -0.39 is 59.0 Å². The zero-order chi connectivity index (χ0) is 19.5. The van der Waals surface area contributed by atoms with E-state index in [1.54, 1.807) is 0 Å². The SMILES string of the molecule is C=C(COCCC(F)(F)C(F)(F)S(=O)(=O)O)C(=O)OC1CCOC1=O. The van der Waals surface area contributed by atoms with Crippen molar-refractivity contribution in [3.8, 4) is 0 Å². The molecule has 0 amide bonds. The van der Waals surface area contributed by atoms with Gasteiger partial charge in [-0.05, 0) is 0 Å². The zero-order valence-electron chi connectivity index (χ0n) is 12.5. The second kappa shape index (κ2) is 7.66. The lowest BCUT2D eigenvalue weighted by atomic mass is 10.2. The highest BCUT2D eigenvalue weighted by Gasteiger charge is 2.65. The minimum absolute atomic E-state index is 0.0663. The van der Waals surface area contributed by atoms with Crippen LogP contribution in [0.2, 0.25) is 0 Å². The maximum Gasteiger partial charge on any atom is 0.431 e. The van der Waals surface area contributed by atoms with E-state index in [0.29, 0.717) is 0 Å². The molecular weight excluding hydrogens is 380 g/mol. The Morgan fingerprint density at radius 2 is 1.96 bits per heavy atom. The molecule has 1 aliphatic rings. The van der Waals surface area contributed by atoms with Gasteiger partial charge in [0.15, 0.2) is 0 Å². The number of alkyl halides is 4. The summed E-state index contributed by atoms with van der Waals surface area (Å²) in [5, 5.41) is -5.69. The molecule has 25 heavy (non-hydrogen) atoms. The van der Waals surface area contributed by atoms with Crippen LogP contribution in [-0.4, -0.2) is 62.0 Å². The smallest absolute Gasteiger partial charge is 0.431 e. The van der Waals surface area contributed by atoms with Gasteiger partial charge in [-0.15, -0.1) is 0 Å². The molecule has 0 aromatic heterocycles. The summed E-state index contributed by atoms with van der Waals surface area (Å²) in [7, 11) is -6.32. The summed E-state index contributed by atoms with van der Waals surface area (Å²) >= 11 is 0. The molecule has 0 radical (unpaired) electrons. The van der Waals surface area contributed by atoms with Crippen molar-refractivity contribution in [2.45, 2.75) is 30.1 Å². The summed E-state index contributed by atoms with van der Waals surface area (Å²) < 4.78 is 94.7. The van der Waals surface area contributed by atoms with Crippen molar-refractivity contribution in [3.63, 3.8) is 0 Å². The number of rotatable bonds is 9. The van der Waals surface area contributed by atoms with Crippen molar-refractivity contribution in [2.24, 2.45) is 0 Å². The van der Waals surface area contributed by atoms with E-state index in [0.717, 1.165) is 0 Å². The number of hydrogen-bond donors (Lipinski definition) is 1. The van der Waals surface area contributed by atoms with E-state index in [1.165, 1.54) is 0 Å². The van der Waals surface area contributed by atoms with E-state index in [-0.39, 0.29) is 18.6 Å². The lowest BCUT2D eigenvalue weighted by Crippen LogP contribution is -2.47. The highest BCUT2D eigenvalue weighted by atomic mass is 32.2. The number of carbonyl (C=O) groups is 2. The quantitative estimate of drug-likeness (QED) is 0.202. The summed E-state index contributed by atoms with van der Waals surface area (Å²) in [6, 6.07) is 0. The van der Waals surface area contributed by atoms with E-state index in [9.17, 15) is 35.6 Å². The van der Waals surface area contributed by atoms with Gasteiger partial charge in [0.2, 0.25) is 6.10 Å². The Balaban J connectivity index is 2.43. The van der Waals surface area contributed by atoms with Crippen LogP contribution in [0.25, 0.3) is 0 Å². The Kier molecular flexibility index (Phi) is 6.53. The van der Waals surface area contributed by atoms with Crippen molar-refractivity contribution in [1.29, 1.82) is 0 Å². The van der Waals surface area contributed by atoms with Gasteiger partial charge in [-0.2, -0.15) is 26.0 Å². The third-order valence-corrected chi connectivity index (χ3v) is 3.96. The lowest BCUT2D eigenvalue weighted by molar-refractivity contribution is -0.170. The average molecular weight is 394 g/mol. The van der Waals surface area contributed by atoms with Gasteiger partial charge in [0.25, 0.3) is 0 Å². The van der Waals surface area contributed by atoms with Crippen molar-refractivity contribution in [1.82, 2.24) is 0 Å². The van der Waals surface area contributed by atoms with Crippen LogP contribution < -0.4 is 0 Å². The minimum atomic E-state index is -6.32. The van der Waals surface area contributed by atoms with E-state index in [2.05, 4.69) is 16.1 Å². The molecule has 1 saturated heterocycles. The van der Waals surface area contributed by atoms with E-state index >= 15 is 0 Å². The van der Waals surface area contributed by atoms with Crippen molar-refractivity contribution < 1.29 is 54.3 Å². The number of esters is 2. The number of hydrogen-bond acceptors (Lipinski definition) is 7. The molecule has 0 spiro atoms. The summed E-state index contributed by atoms with van der Waals surface area (Å²) in [6.07, 6.45) is -2.74. The van der Waals surface area contributed by atoms with Crippen molar-refractivity contribution in [3.05, 3.63) is 12.2 Å². The summed E-state index contributed by atoms with van der Waals surface area (Å²) in [5.41, 5.74) is -0.385. The third kappa shape index (κ3) is 5.12. The molecule has 1 heterocycles. The maximum atomic E-state index is 13.2. The van der Waals surface area contributed by atoms with Crippen LogP contribution in [0.15, 0.2) is 12.2 Å². The molecule has 1 fully saturated rings. The fraction of sp³-hybridized carbons (Fsp3) is 0.667. The Morgan fingerprint density at radius 1 is 1.36 bits per heavy atom. The molecule has 13 heteroatoms. The molecule has 1 aliphatic heterocycles. The largest absolute Gasteiger partial charge is 0.463 e. The van der Waals surface area contributed by atoms with Crippen molar-refractivity contribution in [2.75, 3.05) is 19.8 Å². The first-order valence-electron chi connectivity index (χ1n) is 6.65. The average Bonchev–Trinajstić information content (AvgIpc) is 2.87. The molecule has 0 aromatic rings. The number of carbonyl (C=O) groups excluding carboxylic acids is 2. The van der Waals surface area contributed by atoms with E-state index in [4.69, 9.17) is 9.29 Å². The Labute approximate surface area is 139 Å². The predicted octanol–water partition coefficient (Wildman–Crippen LogP) is 0.924. The first kappa shape index (κ1) is 21.3. The fourth-order valence-electron chi connectivity index (χ4n) is 1.59. The molecular formula is C12H14F4O8S. The highest BCUT2D eigenvalue weighted by Crippen LogP contribution is 2.40. The minimum Gasteiger partial charge on any atom is -0.463 e. The highest BCUT2D eigenvalue weighted by molar-refractivity contribution is 7.87. The van der Waals surface area contributed by atoms with Crippen molar-refractivity contribution >= 4 is 22.1 Å². The molecule has 8 nitrogen and oxygen atoms in total. The van der Waals surface area contributed by atoms with Gasteiger partial charge in [-0.1, -0.05) is 6.58 Å². The Morgan fingerprint density at radius 3 is 2.44 bits per heavy atom. The topological polar surface area (TPSA) is 116 Å². The van der Waals surface area contributed by atoms with Gasteiger partial charge in [0, 0.05) is 12.8 Å². The van der Waals surface area contributed by atoms with Crippen LogP contribution in [0, 0.1) is 0 Å². The van der Waals surface area contributed by atoms with Crippen LogP contribution in [-0.2, 0) is 33.9 Å². The maximum absolute atomic E-state index is 13.2. The summed E-state index contributed by atoms with van der Waals surface area (Å²) in [4.78, 5) is 22.6. The first-order chi connectivity index (χ1) is 11.3. The number of halogens is 4. The molecule has 0 aliphatic carbocycles. The number of ether oxygens (including phenoxy) is 3. The monoisotopic (exact) mass is 394 g/mol. The Bertz CT molecular complexity index is 646. The van der Waals surface area contributed by atoms with Crippen LogP contribution in [0.4, 0.5) is 17.6 Å². The van der Waals surface area contributed by atoms with Gasteiger partial charge in [0.05, 0.1) is 25.4 Å². The lowest BCUT2D eigenvalue weighted by Gasteiger charge is -2.23. The second-order valence-corrected chi connectivity index (χ2v) is 6.42. The van der Waals surface area contributed by atoms with Crippen LogP contribution in [0.1, 0.15) is 12.8 Å².